The number of aromatic nitrogens is 4. The second kappa shape index (κ2) is 8.87. The van der Waals surface area contributed by atoms with E-state index >= 15 is 0 Å². The van der Waals surface area contributed by atoms with Crippen LogP contribution in [0.5, 0.6) is 0 Å². The number of carbonyl (C=O) groups excluding carboxylic acids is 2. The zero-order valence-corrected chi connectivity index (χ0v) is 16.8. The normalized spacial score (nSPS) is 21.9. The van der Waals surface area contributed by atoms with Gasteiger partial charge in [0.05, 0.1) is 11.7 Å². The number of carbonyl (C=O) groups is 2. The molecule has 1 aromatic heterocycles. The molecule has 2 aromatic rings. The molecule has 1 aromatic carbocycles. The van der Waals surface area contributed by atoms with E-state index in [1.807, 2.05) is 0 Å². The van der Waals surface area contributed by atoms with Crippen molar-refractivity contribution in [2.24, 2.45) is 0 Å². The Morgan fingerprint density at radius 3 is 2.90 bits per heavy atom. The molecule has 2 N–H and O–H groups in total. The van der Waals surface area contributed by atoms with Crippen LogP contribution in [0.4, 0.5) is 0 Å². The second-order valence-electron chi connectivity index (χ2n) is 7.44. The quantitative estimate of drug-likeness (QED) is 0.753. The van der Waals surface area contributed by atoms with Gasteiger partial charge in [-0.2, -0.15) is 0 Å². The summed E-state index contributed by atoms with van der Waals surface area (Å²) in [6.45, 7) is 1.76. The summed E-state index contributed by atoms with van der Waals surface area (Å²) in [5.41, 5.74) is 1.54. The standard InChI is InChI=1S/C19H24ClN7O2/c20-14-6-7-16(27-12-23-24-25-27)13(10-14)11-22-18(28)17-5-3-9-26(17)19(29)15-4-1-2-8-21-15/h6-7,10,12,15,17,21H,1-5,8-9,11H2,(H,22,28)/t15-,17+/m1/s1. The van der Waals surface area contributed by atoms with Crippen molar-refractivity contribution in [3.63, 3.8) is 0 Å². The number of piperidine rings is 1. The number of hydrogen-bond donors (Lipinski definition) is 2. The highest BCUT2D eigenvalue weighted by Gasteiger charge is 2.37. The SMILES string of the molecule is O=C(NCc1cc(Cl)ccc1-n1cnnn1)[C@@H]1CCCN1C(=O)[C@H]1CCCCN1. The molecular formula is C19H24ClN7O2. The molecule has 2 saturated heterocycles. The van der Waals surface area contributed by atoms with E-state index in [1.54, 1.807) is 23.1 Å². The summed E-state index contributed by atoms with van der Waals surface area (Å²) in [5.74, 6) is -0.103. The summed E-state index contributed by atoms with van der Waals surface area (Å²) < 4.78 is 1.53. The van der Waals surface area contributed by atoms with Gasteiger partial charge in [0.2, 0.25) is 11.8 Å². The molecule has 2 fully saturated rings. The fourth-order valence-electron chi connectivity index (χ4n) is 4.06. The molecule has 2 atom stereocenters. The highest BCUT2D eigenvalue weighted by atomic mass is 35.5. The van der Waals surface area contributed by atoms with Gasteiger partial charge in [-0.15, -0.1) is 5.10 Å². The van der Waals surface area contributed by atoms with Crippen molar-refractivity contribution >= 4 is 23.4 Å². The third-order valence-corrected chi connectivity index (χ3v) is 5.77. The van der Waals surface area contributed by atoms with E-state index in [2.05, 4.69) is 26.2 Å². The van der Waals surface area contributed by atoms with Gasteiger partial charge in [-0.25, -0.2) is 4.68 Å². The van der Waals surface area contributed by atoms with Gasteiger partial charge >= 0.3 is 0 Å². The molecule has 0 unspecified atom stereocenters. The molecule has 9 nitrogen and oxygen atoms in total. The van der Waals surface area contributed by atoms with Crippen LogP contribution >= 0.6 is 11.6 Å². The fourth-order valence-corrected chi connectivity index (χ4v) is 4.25. The van der Waals surface area contributed by atoms with E-state index in [0.29, 0.717) is 18.0 Å². The summed E-state index contributed by atoms with van der Waals surface area (Å²) in [7, 11) is 0. The number of likely N-dealkylation sites (tertiary alicyclic amines) is 1. The van der Waals surface area contributed by atoms with Crippen LogP contribution in [0.1, 0.15) is 37.7 Å². The Morgan fingerprint density at radius 2 is 2.14 bits per heavy atom. The Bertz CT molecular complexity index is 867. The molecule has 2 aliphatic rings. The maximum Gasteiger partial charge on any atom is 0.243 e. The number of rotatable bonds is 5. The average Bonchev–Trinajstić information content (AvgIpc) is 3.44. The molecule has 154 valence electrons. The second-order valence-corrected chi connectivity index (χ2v) is 7.87. The zero-order valence-electron chi connectivity index (χ0n) is 16.1. The zero-order chi connectivity index (χ0) is 20.2. The van der Waals surface area contributed by atoms with Gasteiger partial charge in [0, 0.05) is 18.1 Å². The first-order chi connectivity index (χ1) is 14.1. The van der Waals surface area contributed by atoms with Crippen LogP contribution < -0.4 is 10.6 Å². The lowest BCUT2D eigenvalue weighted by molar-refractivity contribution is -0.140. The highest BCUT2D eigenvalue weighted by Crippen LogP contribution is 2.22. The molecule has 0 bridgehead atoms. The van der Waals surface area contributed by atoms with Crippen molar-refractivity contribution in [1.29, 1.82) is 0 Å². The Balaban J connectivity index is 1.43. The molecule has 29 heavy (non-hydrogen) atoms. The van der Waals surface area contributed by atoms with Crippen LogP contribution in [0.3, 0.4) is 0 Å². The number of amides is 2. The maximum atomic E-state index is 12.9. The van der Waals surface area contributed by atoms with Crippen molar-refractivity contribution in [3.8, 4) is 5.69 Å². The predicted octanol–water partition coefficient (Wildman–Crippen LogP) is 1.06. The van der Waals surface area contributed by atoms with E-state index in [4.69, 9.17) is 11.6 Å². The molecule has 0 radical (unpaired) electrons. The molecule has 2 amide bonds. The number of benzene rings is 1. The third-order valence-electron chi connectivity index (χ3n) is 5.54. The molecule has 10 heteroatoms. The number of nitrogens with zero attached hydrogens (tertiary/aromatic N) is 5. The van der Waals surface area contributed by atoms with Gasteiger partial charge in [0.25, 0.3) is 0 Å². The molecule has 3 heterocycles. The largest absolute Gasteiger partial charge is 0.350 e. The summed E-state index contributed by atoms with van der Waals surface area (Å²) >= 11 is 6.14. The van der Waals surface area contributed by atoms with Crippen molar-refractivity contribution in [1.82, 2.24) is 35.7 Å². The summed E-state index contributed by atoms with van der Waals surface area (Å²) in [4.78, 5) is 27.5. The summed E-state index contributed by atoms with van der Waals surface area (Å²) in [5, 5.41) is 18.0. The first-order valence-corrected chi connectivity index (χ1v) is 10.3. The first-order valence-electron chi connectivity index (χ1n) is 9.97. The number of halogens is 1. The van der Waals surface area contributed by atoms with Crippen LogP contribution in [0.2, 0.25) is 5.02 Å². The van der Waals surface area contributed by atoms with Crippen LogP contribution in [0.25, 0.3) is 5.69 Å². The van der Waals surface area contributed by atoms with Gasteiger partial charge < -0.3 is 15.5 Å². The van der Waals surface area contributed by atoms with Gasteiger partial charge in [-0.3, -0.25) is 9.59 Å². The van der Waals surface area contributed by atoms with Gasteiger partial charge in [0.1, 0.15) is 12.4 Å². The summed E-state index contributed by atoms with van der Waals surface area (Å²) in [6, 6.07) is 4.74. The first kappa shape index (κ1) is 19.8. The minimum atomic E-state index is -0.429. The molecular weight excluding hydrogens is 394 g/mol. The lowest BCUT2D eigenvalue weighted by atomic mass is 10.0. The number of nitrogens with one attached hydrogen (secondary N) is 2. The van der Waals surface area contributed by atoms with Crippen LogP contribution in [-0.4, -0.2) is 62.1 Å². The predicted molar refractivity (Wildman–Crippen MR) is 106 cm³/mol. The van der Waals surface area contributed by atoms with Gasteiger partial charge in [-0.1, -0.05) is 18.0 Å². The van der Waals surface area contributed by atoms with Crippen molar-refractivity contribution in [3.05, 3.63) is 35.1 Å². The smallest absolute Gasteiger partial charge is 0.243 e. The topological polar surface area (TPSA) is 105 Å². The van der Waals surface area contributed by atoms with E-state index in [-0.39, 0.29) is 24.4 Å². The summed E-state index contributed by atoms with van der Waals surface area (Å²) in [6.07, 6.45) is 5.98. The van der Waals surface area contributed by atoms with Crippen LogP contribution in [0.15, 0.2) is 24.5 Å². The molecule has 0 aliphatic carbocycles. The van der Waals surface area contributed by atoms with E-state index < -0.39 is 6.04 Å². The average molecular weight is 418 g/mol. The monoisotopic (exact) mass is 417 g/mol. The Labute approximate surface area is 173 Å². The Kier molecular flexibility index (Phi) is 6.05. The van der Waals surface area contributed by atoms with E-state index in [9.17, 15) is 9.59 Å². The Morgan fingerprint density at radius 1 is 1.24 bits per heavy atom. The minimum absolute atomic E-state index is 0.0412. The van der Waals surface area contributed by atoms with Gasteiger partial charge in [0.15, 0.2) is 0 Å². The lowest BCUT2D eigenvalue weighted by Crippen LogP contribution is -2.53. The number of tetrazole rings is 1. The Hall–Kier alpha value is -2.52. The third kappa shape index (κ3) is 4.40. The molecule has 2 aliphatic heterocycles. The highest BCUT2D eigenvalue weighted by molar-refractivity contribution is 6.30. The van der Waals surface area contributed by atoms with E-state index in [0.717, 1.165) is 43.5 Å². The fraction of sp³-hybridized carbons (Fsp3) is 0.526. The molecule has 0 saturated carbocycles. The van der Waals surface area contributed by atoms with Crippen LogP contribution in [-0.2, 0) is 16.1 Å². The van der Waals surface area contributed by atoms with Gasteiger partial charge in [-0.05, 0) is 66.4 Å². The van der Waals surface area contributed by atoms with Crippen molar-refractivity contribution in [2.75, 3.05) is 13.1 Å². The van der Waals surface area contributed by atoms with Crippen molar-refractivity contribution in [2.45, 2.75) is 50.7 Å². The molecule has 4 rings (SSSR count). The number of hydrogen-bond acceptors (Lipinski definition) is 6. The maximum absolute atomic E-state index is 12.9. The lowest BCUT2D eigenvalue weighted by Gasteiger charge is -2.30. The van der Waals surface area contributed by atoms with E-state index in [1.165, 1.54) is 11.0 Å². The minimum Gasteiger partial charge on any atom is -0.350 e. The molecule has 0 spiro atoms. The van der Waals surface area contributed by atoms with Crippen LogP contribution in [0, 0.1) is 0 Å². The van der Waals surface area contributed by atoms with Crippen molar-refractivity contribution < 1.29 is 9.59 Å².